The summed E-state index contributed by atoms with van der Waals surface area (Å²) in [5, 5.41) is 0.635. The lowest BCUT2D eigenvalue weighted by atomic mass is 10.0. The number of piperazine rings is 1. The molecule has 38 heavy (non-hydrogen) atoms. The quantitative estimate of drug-likeness (QED) is 0.360. The van der Waals surface area contributed by atoms with Crippen LogP contribution in [0.3, 0.4) is 0 Å². The molecule has 3 heterocycles. The number of nitrogens with one attached hydrogen (secondary N) is 1. The molecule has 1 aromatic carbocycles. The third kappa shape index (κ3) is 6.89. The summed E-state index contributed by atoms with van der Waals surface area (Å²) in [5.41, 5.74) is -0.314. The molecule has 1 aliphatic rings. The van der Waals surface area contributed by atoms with Crippen molar-refractivity contribution in [1.29, 1.82) is 0 Å². The molecule has 202 valence electrons. The molecular weight excluding hydrogens is 515 g/mol. The summed E-state index contributed by atoms with van der Waals surface area (Å²) in [6, 6.07) is 14.8. The van der Waals surface area contributed by atoms with Crippen molar-refractivity contribution in [1.82, 2.24) is 14.9 Å². The van der Waals surface area contributed by atoms with E-state index in [0.717, 1.165) is 11.9 Å². The highest BCUT2D eigenvalue weighted by molar-refractivity contribution is 8.00. The van der Waals surface area contributed by atoms with Crippen LogP contribution in [0.5, 0.6) is 0 Å². The number of aromatic nitrogens is 2. The van der Waals surface area contributed by atoms with Gasteiger partial charge in [0.15, 0.2) is 0 Å². The Labute approximate surface area is 224 Å². The van der Waals surface area contributed by atoms with Gasteiger partial charge in [-0.05, 0) is 57.5 Å². The van der Waals surface area contributed by atoms with E-state index in [1.54, 1.807) is 36.1 Å². The second-order valence-corrected chi connectivity index (χ2v) is 10.7. The lowest BCUT2D eigenvalue weighted by molar-refractivity contribution is -0.137. The van der Waals surface area contributed by atoms with Gasteiger partial charge in [0, 0.05) is 43.7 Å². The fraction of sp³-hybridized carbons (Fsp3) is 0.370. The third-order valence-electron chi connectivity index (χ3n) is 5.83. The smallest absolute Gasteiger partial charge is 0.418 e. The number of amides is 1. The molecule has 1 fully saturated rings. The van der Waals surface area contributed by atoms with Gasteiger partial charge in [0.25, 0.3) is 0 Å². The monoisotopic (exact) mass is 545 g/mol. The Kier molecular flexibility index (Phi) is 8.05. The van der Waals surface area contributed by atoms with Gasteiger partial charge >= 0.3 is 12.3 Å². The maximum atomic E-state index is 13.7. The number of hydrogen-bond donors (Lipinski definition) is 1. The fourth-order valence-electron chi connectivity index (χ4n) is 3.97. The number of anilines is 2. The Bertz CT molecular complexity index is 1290. The molecule has 4 rings (SSSR count). The van der Waals surface area contributed by atoms with Crippen molar-refractivity contribution in [3.8, 4) is 11.3 Å². The molecule has 1 amide bonds. The molecule has 2 aromatic heterocycles. The average molecular weight is 546 g/mol. The first kappa shape index (κ1) is 27.6. The standard InChI is InChI=1S/C27H30F3N5O2S/c1-18-8-5-6-9-19(18)24-20(27(28,29)30)12-13-21(31-24)33-38-23-11-7-10-22(32-23)34-14-16-35(17-15-34)25(36)37-26(2,3)4/h5-13H,14-17H2,1-4H3,(H,31,33). The number of rotatable bonds is 5. The minimum absolute atomic E-state index is 0.120. The van der Waals surface area contributed by atoms with Crippen molar-refractivity contribution in [3.05, 3.63) is 65.7 Å². The zero-order valence-corrected chi connectivity index (χ0v) is 22.5. The number of hydrogen-bond acceptors (Lipinski definition) is 7. The molecule has 0 spiro atoms. The van der Waals surface area contributed by atoms with Gasteiger partial charge in [-0.15, -0.1) is 0 Å². The van der Waals surface area contributed by atoms with Gasteiger partial charge in [0.1, 0.15) is 22.3 Å². The summed E-state index contributed by atoms with van der Waals surface area (Å²) in [5.74, 6) is 1.04. The van der Waals surface area contributed by atoms with Gasteiger partial charge in [0.05, 0.1) is 11.3 Å². The molecule has 0 atom stereocenters. The Balaban J connectivity index is 1.44. The molecule has 1 aliphatic heterocycles. The van der Waals surface area contributed by atoms with Crippen molar-refractivity contribution < 1.29 is 22.7 Å². The summed E-state index contributed by atoms with van der Waals surface area (Å²) in [6.45, 7) is 9.52. The van der Waals surface area contributed by atoms with E-state index in [-0.39, 0.29) is 11.8 Å². The van der Waals surface area contributed by atoms with E-state index in [2.05, 4.69) is 19.6 Å². The van der Waals surface area contributed by atoms with Crippen LogP contribution in [0.25, 0.3) is 11.3 Å². The van der Waals surface area contributed by atoms with Gasteiger partial charge in [-0.3, -0.25) is 0 Å². The van der Waals surface area contributed by atoms with Crippen molar-refractivity contribution in [2.45, 2.75) is 44.5 Å². The molecule has 0 unspecified atom stereocenters. The highest BCUT2D eigenvalue weighted by Gasteiger charge is 2.35. The Morgan fingerprint density at radius 3 is 2.32 bits per heavy atom. The maximum absolute atomic E-state index is 13.7. The minimum Gasteiger partial charge on any atom is -0.444 e. The molecule has 0 aliphatic carbocycles. The number of ether oxygens (including phenoxy) is 1. The van der Waals surface area contributed by atoms with Crippen molar-refractivity contribution in [2.75, 3.05) is 35.8 Å². The maximum Gasteiger partial charge on any atom is 0.418 e. The summed E-state index contributed by atoms with van der Waals surface area (Å²) in [7, 11) is 0. The molecule has 3 aromatic rings. The van der Waals surface area contributed by atoms with Crippen molar-refractivity contribution in [2.24, 2.45) is 0 Å². The minimum atomic E-state index is -4.53. The summed E-state index contributed by atoms with van der Waals surface area (Å²) < 4.78 is 49.6. The van der Waals surface area contributed by atoms with Crippen molar-refractivity contribution in [3.63, 3.8) is 0 Å². The second kappa shape index (κ2) is 11.1. The van der Waals surface area contributed by atoms with Crippen LogP contribution in [-0.2, 0) is 10.9 Å². The topological polar surface area (TPSA) is 70.6 Å². The van der Waals surface area contributed by atoms with Crippen LogP contribution in [0, 0.1) is 6.92 Å². The van der Waals surface area contributed by atoms with E-state index in [1.165, 1.54) is 18.0 Å². The van der Waals surface area contributed by atoms with Crippen LogP contribution >= 0.6 is 11.9 Å². The van der Waals surface area contributed by atoms with Crippen LogP contribution in [-0.4, -0.2) is 52.7 Å². The SMILES string of the molecule is Cc1ccccc1-c1nc(NSc2cccc(N3CCN(C(=O)OC(C)(C)C)CC3)n2)ccc1C(F)(F)F. The molecule has 1 saturated heterocycles. The van der Waals surface area contributed by atoms with Crippen LogP contribution in [0.1, 0.15) is 31.9 Å². The summed E-state index contributed by atoms with van der Waals surface area (Å²) in [6.07, 6.45) is -4.85. The number of aryl methyl sites for hydroxylation is 1. The highest BCUT2D eigenvalue weighted by Crippen LogP contribution is 2.38. The number of benzene rings is 1. The van der Waals surface area contributed by atoms with Crippen LogP contribution < -0.4 is 9.62 Å². The molecule has 1 N–H and O–H groups in total. The van der Waals surface area contributed by atoms with Crippen molar-refractivity contribution >= 4 is 29.7 Å². The Hall–Kier alpha value is -3.47. The van der Waals surface area contributed by atoms with Gasteiger partial charge in [-0.25, -0.2) is 14.8 Å². The fourth-order valence-corrected chi connectivity index (χ4v) is 4.58. The Morgan fingerprint density at radius 1 is 0.947 bits per heavy atom. The number of pyridine rings is 2. The zero-order chi connectivity index (χ0) is 27.5. The van der Waals surface area contributed by atoms with Crippen LogP contribution in [0.2, 0.25) is 0 Å². The first-order valence-electron chi connectivity index (χ1n) is 12.2. The number of alkyl halides is 3. The molecule has 0 saturated carbocycles. The van der Waals surface area contributed by atoms with Gasteiger partial charge in [0.2, 0.25) is 0 Å². The van der Waals surface area contributed by atoms with E-state index in [0.29, 0.717) is 48.1 Å². The van der Waals surface area contributed by atoms with Gasteiger partial charge < -0.3 is 19.3 Å². The van der Waals surface area contributed by atoms with E-state index < -0.39 is 17.3 Å². The predicted octanol–water partition coefficient (Wildman–Crippen LogP) is 6.65. The van der Waals surface area contributed by atoms with E-state index in [1.807, 2.05) is 39.0 Å². The number of halogens is 3. The second-order valence-electron chi connectivity index (χ2n) is 9.90. The van der Waals surface area contributed by atoms with Gasteiger partial charge in [-0.2, -0.15) is 13.2 Å². The largest absolute Gasteiger partial charge is 0.444 e. The molecular formula is C27H30F3N5O2S. The zero-order valence-electron chi connectivity index (χ0n) is 21.7. The molecule has 0 radical (unpaired) electrons. The number of carbonyl (C=O) groups is 1. The van der Waals surface area contributed by atoms with E-state index >= 15 is 0 Å². The lowest BCUT2D eigenvalue weighted by Crippen LogP contribution is -2.50. The summed E-state index contributed by atoms with van der Waals surface area (Å²) >= 11 is 1.17. The van der Waals surface area contributed by atoms with Crippen LogP contribution in [0.4, 0.5) is 29.6 Å². The van der Waals surface area contributed by atoms with E-state index in [9.17, 15) is 18.0 Å². The first-order valence-corrected chi connectivity index (χ1v) is 13.0. The normalized spacial score (nSPS) is 14.4. The average Bonchev–Trinajstić information content (AvgIpc) is 2.86. The van der Waals surface area contributed by atoms with Gasteiger partial charge in [-0.1, -0.05) is 30.3 Å². The van der Waals surface area contributed by atoms with Crippen LogP contribution in [0.15, 0.2) is 59.6 Å². The molecule has 7 nitrogen and oxygen atoms in total. The highest BCUT2D eigenvalue weighted by atomic mass is 32.2. The van der Waals surface area contributed by atoms with E-state index in [4.69, 9.17) is 4.74 Å². The number of carbonyl (C=O) groups excluding carboxylic acids is 1. The summed E-state index contributed by atoms with van der Waals surface area (Å²) in [4.78, 5) is 25.1. The first-order chi connectivity index (χ1) is 17.9. The molecule has 11 heteroatoms. The lowest BCUT2D eigenvalue weighted by Gasteiger charge is -2.36. The number of nitrogens with zero attached hydrogens (tertiary/aromatic N) is 4. The third-order valence-corrected chi connectivity index (χ3v) is 6.57. The molecule has 0 bridgehead atoms. The predicted molar refractivity (Wildman–Crippen MR) is 143 cm³/mol. The Morgan fingerprint density at radius 2 is 1.66 bits per heavy atom.